The molecule has 3 aliphatic rings. The molecule has 12 nitrogen and oxygen atoms in total. The van der Waals surface area contributed by atoms with Crippen molar-refractivity contribution in [3.05, 3.63) is 57.6 Å². The van der Waals surface area contributed by atoms with Crippen molar-refractivity contribution in [3.8, 4) is 11.5 Å². The average molecular weight is 665 g/mol. The van der Waals surface area contributed by atoms with E-state index in [2.05, 4.69) is 45.8 Å². The van der Waals surface area contributed by atoms with Crippen molar-refractivity contribution in [2.24, 2.45) is 9.98 Å². The van der Waals surface area contributed by atoms with E-state index in [9.17, 15) is 10.2 Å². The standard InChI is InChI=1S/C26H34N4O2.H2O4S.2O.2V/c1-19-11-21-15-27-5-3-4-6-28-16-22-12-20(2)14-24(26(22)32)18-30-9-7-29(8-10-30)17-23(13-19)25(21)31;1-5(2,3)4;;;;/h11-16,31-32H,3-10,17-18H2,1-2H3;(H2,1,2,3,4);;;;/p-2. The number of rotatable bonds is 0. The minimum atomic E-state index is -5.17. The van der Waals surface area contributed by atoms with Crippen molar-refractivity contribution in [1.82, 2.24) is 9.80 Å². The molecule has 0 aromatic heterocycles. The van der Waals surface area contributed by atoms with E-state index in [0.29, 0.717) is 24.6 Å². The Hall–Kier alpha value is -2.06. The summed E-state index contributed by atoms with van der Waals surface area (Å²) in [5.41, 5.74) is 5.81. The first kappa shape index (κ1) is 37.0. The number of phenols is 2. The fourth-order valence-electron chi connectivity index (χ4n) is 4.52. The van der Waals surface area contributed by atoms with Gasteiger partial charge in [0.05, 0.1) is 0 Å². The number of aromatic hydroxyl groups is 2. The molecule has 0 atom stereocenters. The maximum atomic E-state index is 10.8. The molecule has 1 saturated heterocycles. The van der Waals surface area contributed by atoms with E-state index in [4.69, 9.17) is 24.9 Å². The van der Waals surface area contributed by atoms with Gasteiger partial charge in [0.1, 0.15) is 11.5 Å². The Labute approximate surface area is 259 Å². The van der Waals surface area contributed by atoms with Crippen LogP contribution in [0.3, 0.4) is 0 Å². The fraction of sp³-hybridized carbons (Fsp3) is 0.462. The van der Waals surface area contributed by atoms with E-state index in [1.807, 2.05) is 12.1 Å². The predicted octanol–water partition coefficient (Wildman–Crippen LogP) is 2.08. The van der Waals surface area contributed by atoms with Gasteiger partial charge in [0, 0.05) is 97.4 Å². The second kappa shape index (κ2) is 19.2. The summed E-state index contributed by atoms with van der Waals surface area (Å²) in [6.45, 7) is 10.7. The van der Waals surface area contributed by atoms with Gasteiger partial charge in [-0.25, -0.2) is 0 Å². The second-order valence-electron chi connectivity index (χ2n) is 9.46. The number of fused-ring (bicyclic) bond motifs is 7. The number of benzene rings is 2. The summed E-state index contributed by atoms with van der Waals surface area (Å²) in [6.07, 6.45) is 5.47. The molecule has 0 saturated carbocycles. The van der Waals surface area contributed by atoms with Gasteiger partial charge in [0.2, 0.25) is 0 Å². The molecular weight excluding hydrogens is 630 g/mol. The summed E-state index contributed by atoms with van der Waals surface area (Å²) in [6, 6.07) is 8.15. The van der Waals surface area contributed by atoms with Gasteiger partial charge in [-0.3, -0.25) is 28.2 Å². The van der Waals surface area contributed by atoms with Gasteiger partial charge < -0.3 is 19.3 Å². The molecule has 2 aromatic rings. The zero-order valence-corrected chi connectivity index (χ0v) is 26.6. The van der Waals surface area contributed by atoms with Crippen LogP contribution in [0.4, 0.5) is 0 Å². The molecule has 0 aliphatic carbocycles. The molecule has 3 aliphatic heterocycles. The van der Waals surface area contributed by atoms with E-state index < -0.39 is 10.4 Å². The molecule has 5 rings (SSSR count). The fourth-order valence-corrected chi connectivity index (χ4v) is 4.52. The van der Waals surface area contributed by atoms with Crippen LogP contribution in [0.25, 0.3) is 0 Å². The molecule has 1 fully saturated rings. The Balaban J connectivity index is 0.000000831. The van der Waals surface area contributed by atoms with Crippen LogP contribution in [0.5, 0.6) is 11.5 Å². The monoisotopic (exact) mass is 664 g/mol. The van der Waals surface area contributed by atoms with Gasteiger partial charge in [-0.2, -0.15) is 0 Å². The number of aryl methyl sites for hydroxylation is 2. The number of phenolic OH excluding ortho intramolecular Hbond substituents is 2. The van der Waals surface area contributed by atoms with Gasteiger partial charge in [-0.05, 0) is 49.9 Å². The predicted molar refractivity (Wildman–Crippen MR) is 142 cm³/mol. The molecular formula is C26H34N4O8SV2-2. The molecule has 2 N–H and O–H groups in total. The van der Waals surface area contributed by atoms with Crippen molar-refractivity contribution in [2.45, 2.75) is 39.8 Å². The summed E-state index contributed by atoms with van der Waals surface area (Å²) in [5, 5.41) is 21.6. The third-order valence-corrected chi connectivity index (χ3v) is 6.26. The molecule has 224 valence electrons. The summed E-state index contributed by atoms with van der Waals surface area (Å²) in [4.78, 5) is 13.8. The Bertz CT molecular complexity index is 1200. The minimum absolute atomic E-state index is 0.345. The number of hydrogen-bond donors (Lipinski definition) is 2. The van der Waals surface area contributed by atoms with Gasteiger partial charge in [0.25, 0.3) is 0 Å². The third kappa shape index (κ3) is 14.1. The van der Waals surface area contributed by atoms with Gasteiger partial charge in [-0.1, -0.05) is 12.1 Å². The number of hydrogen-bond acceptors (Lipinski definition) is 12. The van der Waals surface area contributed by atoms with Crippen molar-refractivity contribution < 1.29 is 69.8 Å². The van der Waals surface area contributed by atoms with Gasteiger partial charge in [0.15, 0.2) is 0 Å². The van der Waals surface area contributed by atoms with Crippen LogP contribution >= 0.6 is 0 Å². The zero-order chi connectivity index (χ0) is 31.0. The first-order chi connectivity index (χ1) is 19.5. The van der Waals surface area contributed by atoms with Gasteiger partial charge in [-0.15, -0.1) is 0 Å². The molecule has 2 aromatic carbocycles. The Morgan fingerprint density at radius 3 is 1.34 bits per heavy atom. The van der Waals surface area contributed by atoms with E-state index >= 15 is 0 Å². The average Bonchev–Trinajstić information content (AvgIpc) is 2.92. The van der Waals surface area contributed by atoms with Gasteiger partial charge >= 0.3 is 42.1 Å². The van der Waals surface area contributed by atoms with E-state index in [1.54, 1.807) is 12.4 Å². The molecule has 41 heavy (non-hydrogen) atoms. The molecule has 0 amide bonds. The summed E-state index contributed by atoms with van der Waals surface area (Å²) >= 11 is 2.12. The van der Waals surface area contributed by atoms with Crippen LogP contribution in [-0.2, 0) is 65.6 Å². The van der Waals surface area contributed by atoms with E-state index in [0.717, 1.165) is 120 Å². The van der Waals surface area contributed by atoms with Crippen LogP contribution in [0.2, 0.25) is 0 Å². The van der Waals surface area contributed by atoms with E-state index in [-0.39, 0.29) is 0 Å². The SMILES string of the molecule is Cc1cc2c(O)c(c1)CN1CCN(CC1)Cc1cc(C)cc(c1O)C=NCCCCN=C2.O=S(=O)([O-])[O-].[O]=[V].[O]=[V]. The molecule has 0 spiro atoms. The number of nitrogens with zero attached hydrogens (tertiary/aromatic N) is 4. The Morgan fingerprint density at radius 1 is 0.707 bits per heavy atom. The summed E-state index contributed by atoms with van der Waals surface area (Å²) < 4.78 is 50.5. The molecule has 3 heterocycles. The van der Waals surface area contributed by atoms with E-state index in [1.165, 1.54) is 0 Å². The first-order valence-electron chi connectivity index (χ1n) is 12.6. The first-order valence-corrected chi connectivity index (χ1v) is 15.1. The summed E-state index contributed by atoms with van der Waals surface area (Å²) in [7, 11) is -5.17. The van der Waals surface area contributed by atoms with Crippen molar-refractivity contribution >= 4 is 22.8 Å². The van der Waals surface area contributed by atoms with Crippen LogP contribution in [-0.4, -0.2) is 89.2 Å². The normalized spacial score (nSPS) is 18.8. The van der Waals surface area contributed by atoms with Crippen molar-refractivity contribution in [3.63, 3.8) is 0 Å². The molecule has 0 unspecified atom stereocenters. The summed E-state index contributed by atoms with van der Waals surface area (Å²) in [5.74, 6) is 0.691. The maximum absolute atomic E-state index is 10.8. The quantitative estimate of drug-likeness (QED) is 0.312. The zero-order valence-electron chi connectivity index (χ0n) is 23.0. The van der Waals surface area contributed by atoms with Crippen LogP contribution < -0.4 is 0 Å². The molecule has 15 heteroatoms. The number of piperazine rings is 1. The molecule has 0 radical (unpaired) electrons. The van der Waals surface area contributed by atoms with Crippen LogP contribution in [0.1, 0.15) is 46.2 Å². The third-order valence-electron chi connectivity index (χ3n) is 6.26. The molecule has 6 bridgehead atoms. The number of aliphatic imine (C=N–C) groups is 2. The second-order valence-corrected chi connectivity index (χ2v) is 10.3. The van der Waals surface area contributed by atoms with Crippen LogP contribution in [0, 0.1) is 13.8 Å². The van der Waals surface area contributed by atoms with Crippen molar-refractivity contribution in [1.29, 1.82) is 0 Å². The topological polar surface area (TPSA) is 186 Å². The van der Waals surface area contributed by atoms with Crippen molar-refractivity contribution in [2.75, 3.05) is 39.3 Å². The Kier molecular flexibility index (Phi) is 17.3. The Morgan fingerprint density at radius 2 is 1.02 bits per heavy atom. The van der Waals surface area contributed by atoms with Crippen LogP contribution in [0.15, 0.2) is 34.3 Å².